The average Bonchev–Trinajstić information content (AvgIpc) is 2.93. The second-order valence-corrected chi connectivity index (χ2v) is 5.06. The molecule has 2 aromatic carbocycles. The number of aromatic carboxylic acids is 1. The minimum Gasteiger partial charge on any atom is -0.545 e. The Morgan fingerprint density at radius 3 is 2.80 bits per heavy atom. The van der Waals surface area contributed by atoms with Crippen LogP contribution in [-0.4, -0.2) is 5.97 Å². The molecule has 0 bridgehead atoms. The minimum absolute atomic E-state index is 0.181. The second-order valence-electron chi connectivity index (χ2n) is 5.06. The highest BCUT2D eigenvalue weighted by Gasteiger charge is 2.11. The molecule has 20 heavy (non-hydrogen) atoms. The number of benzene rings is 2. The van der Waals surface area contributed by atoms with Crippen molar-refractivity contribution >= 4 is 5.97 Å². The molecule has 0 spiro atoms. The summed E-state index contributed by atoms with van der Waals surface area (Å²) in [6.45, 7) is 0.361. The lowest BCUT2D eigenvalue weighted by atomic mass is 10.1. The number of carbonyl (C=O) groups is 1. The highest BCUT2D eigenvalue weighted by Crippen LogP contribution is 2.26. The Kier molecular flexibility index (Phi) is 3.42. The molecule has 0 fully saturated rings. The van der Waals surface area contributed by atoms with Crippen molar-refractivity contribution in [2.45, 2.75) is 25.9 Å². The summed E-state index contributed by atoms with van der Waals surface area (Å²) in [4.78, 5) is 10.8. The van der Waals surface area contributed by atoms with Crippen molar-refractivity contribution in [2.75, 3.05) is 0 Å². The molecule has 3 rings (SSSR count). The van der Waals surface area contributed by atoms with Crippen LogP contribution in [0.25, 0.3) is 0 Å². The van der Waals surface area contributed by atoms with Gasteiger partial charge in [0.25, 0.3) is 0 Å². The van der Waals surface area contributed by atoms with Gasteiger partial charge in [-0.2, -0.15) is 0 Å². The van der Waals surface area contributed by atoms with Crippen molar-refractivity contribution in [1.82, 2.24) is 0 Å². The Morgan fingerprint density at radius 2 is 1.95 bits per heavy atom. The molecule has 2 aromatic rings. The standard InChI is InChI=1S/C17H16O3/c18-17(19)15-6-1-3-12(9-15)11-20-16-8-7-13-4-2-5-14(13)10-16/h1,3,6-10H,2,4-5,11H2,(H,18,19)/p-1. The van der Waals surface area contributed by atoms with Crippen LogP contribution < -0.4 is 9.84 Å². The monoisotopic (exact) mass is 267 g/mol. The molecule has 3 nitrogen and oxygen atoms in total. The number of hydrogen-bond acceptors (Lipinski definition) is 3. The Labute approximate surface area is 117 Å². The first-order chi connectivity index (χ1) is 9.72. The normalized spacial score (nSPS) is 13.0. The van der Waals surface area contributed by atoms with Gasteiger partial charge in [0.2, 0.25) is 0 Å². The van der Waals surface area contributed by atoms with E-state index in [0.29, 0.717) is 6.61 Å². The number of aryl methyl sites for hydroxylation is 2. The van der Waals surface area contributed by atoms with Gasteiger partial charge < -0.3 is 14.6 Å². The molecule has 0 saturated carbocycles. The van der Waals surface area contributed by atoms with E-state index in [4.69, 9.17) is 4.74 Å². The van der Waals surface area contributed by atoms with E-state index in [1.807, 2.05) is 12.1 Å². The third kappa shape index (κ3) is 2.67. The highest BCUT2D eigenvalue weighted by atomic mass is 16.5. The van der Waals surface area contributed by atoms with E-state index in [1.54, 1.807) is 12.1 Å². The Balaban J connectivity index is 1.70. The maximum Gasteiger partial charge on any atom is 0.120 e. The van der Waals surface area contributed by atoms with Crippen molar-refractivity contribution < 1.29 is 14.6 Å². The highest BCUT2D eigenvalue weighted by molar-refractivity contribution is 5.85. The number of carboxylic acid groups (broad SMARTS) is 1. The van der Waals surface area contributed by atoms with Crippen molar-refractivity contribution in [1.29, 1.82) is 0 Å². The van der Waals surface area contributed by atoms with E-state index in [9.17, 15) is 9.90 Å². The van der Waals surface area contributed by atoms with Crippen LogP contribution in [0.3, 0.4) is 0 Å². The summed E-state index contributed by atoms with van der Waals surface area (Å²) in [5, 5.41) is 10.8. The van der Waals surface area contributed by atoms with Crippen LogP contribution in [0.2, 0.25) is 0 Å². The van der Waals surface area contributed by atoms with E-state index in [1.165, 1.54) is 23.6 Å². The zero-order chi connectivity index (χ0) is 13.9. The van der Waals surface area contributed by atoms with E-state index in [0.717, 1.165) is 24.2 Å². The van der Waals surface area contributed by atoms with Gasteiger partial charge in [0.05, 0.1) is 5.97 Å². The van der Waals surface area contributed by atoms with Crippen molar-refractivity contribution in [3.63, 3.8) is 0 Å². The first kappa shape index (κ1) is 12.7. The fourth-order valence-electron chi connectivity index (χ4n) is 2.59. The number of carbonyl (C=O) groups excluding carboxylic acids is 1. The van der Waals surface area contributed by atoms with Gasteiger partial charge in [0.15, 0.2) is 0 Å². The Morgan fingerprint density at radius 1 is 1.10 bits per heavy atom. The third-order valence-electron chi connectivity index (χ3n) is 3.64. The second kappa shape index (κ2) is 5.37. The fraction of sp³-hybridized carbons (Fsp3) is 0.235. The minimum atomic E-state index is -1.16. The molecule has 1 aliphatic rings. The van der Waals surface area contributed by atoms with Crippen molar-refractivity contribution in [3.05, 3.63) is 64.7 Å². The molecule has 0 amide bonds. The zero-order valence-electron chi connectivity index (χ0n) is 11.1. The maximum atomic E-state index is 10.8. The van der Waals surface area contributed by atoms with Gasteiger partial charge in [-0.25, -0.2) is 0 Å². The van der Waals surface area contributed by atoms with E-state index in [2.05, 4.69) is 12.1 Å². The molecule has 0 N–H and O–H groups in total. The van der Waals surface area contributed by atoms with Crippen LogP contribution in [0.15, 0.2) is 42.5 Å². The molecule has 3 heteroatoms. The van der Waals surface area contributed by atoms with Crippen LogP contribution >= 0.6 is 0 Å². The molecule has 1 aliphatic carbocycles. The zero-order valence-corrected chi connectivity index (χ0v) is 11.1. The molecule has 0 unspecified atom stereocenters. The van der Waals surface area contributed by atoms with Gasteiger partial charge in [-0.15, -0.1) is 0 Å². The summed E-state index contributed by atoms with van der Waals surface area (Å²) in [6.07, 6.45) is 3.49. The number of rotatable bonds is 4. The predicted octanol–water partition coefficient (Wildman–Crippen LogP) is 2.12. The summed E-state index contributed by atoms with van der Waals surface area (Å²) in [5.74, 6) is -0.325. The lowest BCUT2D eigenvalue weighted by molar-refractivity contribution is -0.255. The summed E-state index contributed by atoms with van der Waals surface area (Å²) in [5.41, 5.74) is 3.79. The Bertz CT molecular complexity index is 646. The smallest absolute Gasteiger partial charge is 0.120 e. The molecule has 0 radical (unpaired) electrons. The lowest BCUT2D eigenvalue weighted by Crippen LogP contribution is -2.22. The summed E-state index contributed by atoms with van der Waals surface area (Å²) in [7, 11) is 0. The van der Waals surface area contributed by atoms with Crippen LogP contribution in [0.1, 0.15) is 33.5 Å². The topological polar surface area (TPSA) is 49.4 Å². The quantitative estimate of drug-likeness (QED) is 0.852. The fourth-order valence-corrected chi connectivity index (χ4v) is 2.59. The third-order valence-corrected chi connectivity index (χ3v) is 3.64. The van der Waals surface area contributed by atoms with E-state index in [-0.39, 0.29) is 5.56 Å². The molecule has 0 atom stereocenters. The molecule has 0 aromatic heterocycles. The SMILES string of the molecule is O=C([O-])c1cccc(COc2ccc3c(c2)CCC3)c1. The average molecular weight is 267 g/mol. The number of fused-ring (bicyclic) bond motifs is 1. The molecule has 0 saturated heterocycles. The molecule has 0 heterocycles. The number of ether oxygens (including phenoxy) is 1. The number of carboxylic acids is 1. The van der Waals surface area contributed by atoms with Crippen molar-refractivity contribution in [2.24, 2.45) is 0 Å². The van der Waals surface area contributed by atoms with Gasteiger partial charge in [0.1, 0.15) is 12.4 Å². The molecular formula is C17H15O3-. The van der Waals surface area contributed by atoms with E-state index >= 15 is 0 Å². The van der Waals surface area contributed by atoms with Gasteiger partial charge >= 0.3 is 0 Å². The van der Waals surface area contributed by atoms with Gasteiger partial charge in [0, 0.05) is 0 Å². The van der Waals surface area contributed by atoms with Gasteiger partial charge in [-0.1, -0.05) is 24.3 Å². The summed E-state index contributed by atoms with van der Waals surface area (Å²) >= 11 is 0. The van der Waals surface area contributed by atoms with Gasteiger partial charge in [-0.05, 0) is 59.7 Å². The first-order valence-electron chi connectivity index (χ1n) is 6.77. The molecule has 102 valence electrons. The van der Waals surface area contributed by atoms with Crippen LogP contribution in [0.5, 0.6) is 5.75 Å². The van der Waals surface area contributed by atoms with Crippen LogP contribution in [-0.2, 0) is 19.4 Å². The van der Waals surface area contributed by atoms with Crippen LogP contribution in [0.4, 0.5) is 0 Å². The lowest BCUT2D eigenvalue weighted by Gasteiger charge is -2.09. The maximum absolute atomic E-state index is 10.8. The van der Waals surface area contributed by atoms with E-state index < -0.39 is 5.97 Å². The van der Waals surface area contributed by atoms with Crippen molar-refractivity contribution in [3.8, 4) is 5.75 Å². The van der Waals surface area contributed by atoms with Gasteiger partial charge in [-0.3, -0.25) is 0 Å². The predicted molar refractivity (Wildman–Crippen MR) is 73.6 cm³/mol. The number of hydrogen-bond donors (Lipinski definition) is 0. The summed E-state index contributed by atoms with van der Waals surface area (Å²) < 4.78 is 5.74. The summed E-state index contributed by atoms with van der Waals surface area (Å²) in [6, 6.07) is 12.8. The molecular weight excluding hydrogens is 252 g/mol. The van der Waals surface area contributed by atoms with Crippen LogP contribution in [0, 0.1) is 0 Å². The Hall–Kier alpha value is -2.29. The molecule has 0 aliphatic heterocycles. The first-order valence-corrected chi connectivity index (χ1v) is 6.77. The largest absolute Gasteiger partial charge is 0.545 e.